The molecule has 2 aromatic rings. The lowest BCUT2D eigenvalue weighted by molar-refractivity contribution is 0.458. The van der Waals surface area contributed by atoms with Gasteiger partial charge in [-0.3, -0.25) is 4.79 Å². The summed E-state index contributed by atoms with van der Waals surface area (Å²) in [7, 11) is 0. The van der Waals surface area contributed by atoms with Crippen LogP contribution in [0.25, 0.3) is 0 Å². The molecule has 0 spiro atoms. The number of anilines is 1. The van der Waals surface area contributed by atoms with Crippen molar-refractivity contribution in [2.24, 2.45) is 0 Å². The maximum absolute atomic E-state index is 11.0. The highest BCUT2D eigenvalue weighted by atomic mass is 79.9. The molecule has 16 heavy (non-hydrogen) atoms. The number of ether oxygens (including phenoxy) is 1. The fourth-order valence-electron chi connectivity index (χ4n) is 1.12. The number of benzene rings is 1. The standard InChI is InChI=1S/C10H8BrN3O2/c11-7-2-1-6(12)3-8(7)16-10-4-9(15)13-5-14-10/h1-5H,12H2,(H,13,14,15). The minimum Gasteiger partial charge on any atom is -0.438 e. The van der Waals surface area contributed by atoms with Crippen molar-refractivity contribution in [1.29, 1.82) is 0 Å². The second-order valence-electron chi connectivity index (χ2n) is 3.04. The molecule has 0 saturated heterocycles. The van der Waals surface area contributed by atoms with Crippen LogP contribution in [0.1, 0.15) is 0 Å². The summed E-state index contributed by atoms with van der Waals surface area (Å²) in [6, 6.07) is 6.41. The molecular formula is C10H8BrN3O2. The van der Waals surface area contributed by atoms with Gasteiger partial charge in [0.1, 0.15) is 5.75 Å². The molecule has 0 aliphatic rings. The minimum atomic E-state index is -0.273. The van der Waals surface area contributed by atoms with E-state index in [-0.39, 0.29) is 11.4 Å². The Bertz CT molecular complexity index is 568. The summed E-state index contributed by atoms with van der Waals surface area (Å²) < 4.78 is 6.15. The van der Waals surface area contributed by atoms with Crippen molar-refractivity contribution in [3.8, 4) is 11.6 Å². The van der Waals surface area contributed by atoms with Gasteiger partial charge < -0.3 is 15.5 Å². The molecule has 0 amide bonds. The van der Waals surface area contributed by atoms with Crippen LogP contribution in [0.15, 0.2) is 39.9 Å². The van der Waals surface area contributed by atoms with E-state index < -0.39 is 0 Å². The van der Waals surface area contributed by atoms with E-state index in [1.165, 1.54) is 12.4 Å². The first-order valence-corrected chi connectivity index (χ1v) is 5.22. The lowest BCUT2D eigenvalue weighted by Crippen LogP contribution is -2.04. The number of rotatable bonds is 2. The molecule has 2 rings (SSSR count). The Balaban J connectivity index is 2.33. The average molecular weight is 282 g/mol. The Labute approximate surface area is 99.4 Å². The van der Waals surface area contributed by atoms with Gasteiger partial charge >= 0.3 is 0 Å². The third-order valence-electron chi connectivity index (χ3n) is 1.82. The quantitative estimate of drug-likeness (QED) is 0.824. The molecule has 0 atom stereocenters. The van der Waals surface area contributed by atoms with E-state index in [2.05, 4.69) is 25.9 Å². The lowest BCUT2D eigenvalue weighted by Gasteiger charge is -2.06. The first kappa shape index (κ1) is 10.7. The van der Waals surface area contributed by atoms with E-state index >= 15 is 0 Å². The van der Waals surface area contributed by atoms with Crippen molar-refractivity contribution in [2.45, 2.75) is 0 Å². The molecule has 0 fully saturated rings. The third-order valence-corrected chi connectivity index (χ3v) is 2.48. The molecule has 1 aromatic carbocycles. The molecule has 0 aliphatic carbocycles. The summed E-state index contributed by atoms with van der Waals surface area (Å²) in [6.45, 7) is 0. The zero-order chi connectivity index (χ0) is 11.5. The number of nitrogens with zero attached hydrogens (tertiary/aromatic N) is 1. The van der Waals surface area contributed by atoms with Gasteiger partial charge in [0.2, 0.25) is 5.88 Å². The monoisotopic (exact) mass is 281 g/mol. The molecular weight excluding hydrogens is 274 g/mol. The molecule has 1 aromatic heterocycles. The van der Waals surface area contributed by atoms with Crippen molar-refractivity contribution < 1.29 is 4.74 Å². The van der Waals surface area contributed by atoms with Crippen LogP contribution in [0.5, 0.6) is 11.6 Å². The van der Waals surface area contributed by atoms with Crippen LogP contribution in [0.4, 0.5) is 5.69 Å². The number of halogens is 1. The van der Waals surface area contributed by atoms with Crippen molar-refractivity contribution in [3.63, 3.8) is 0 Å². The van der Waals surface area contributed by atoms with Crippen LogP contribution in [0.3, 0.4) is 0 Å². The van der Waals surface area contributed by atoms with Crippen molar-refractivity contribution in [3.05, 3.63) is 45.4 Å². The zero-order valence-electron chi connectivity index (χ0n) is 8.11. The van der Waals surface area contributed by atoms with E-state index in [0.29, 0.717) is 11.4 Å². The Hall–Kier alpha value is -1.82. The SMILES string of the molecule is Nc1ccc(Br)c(Oc2cc(=O)[nH]cn2)c1. The Kier molecular flexibility index (Phi) is 2.91. The minimum absolute atomic E-state index is 0.218. The largest absolute Gasteiger partial charge is 0.438 e. The summed E-state index contributed by atoms with van der Waals surface area (Å²) in [6.07, 6.45) is 1.28. The summed E-state index contributed by atoms with van der Waals surface area (Å²) in [4.78, 5) is 17.3. The molecule has 5 nitrogen and oxygen atoms in total. The molecule has 0 unspecified atom stereocenters. The van der Waals surface area contributed by atoms with Crippen LogP contribution >= 0.6 is 15.9 Å². The molecule has 0 saturated carbocycles. The van der Waals surface area contributed by atoms with Crippen LogP contribution in [-0.4, -0.2) is 9.97 Å². The summed E-state index contributed by atoms with van der Waals surface area (Å²) in [5, 5.41) is 0. The molecule has 3 N–H and O–H groups in total. The van der Waals surface area contributed by atoms with Crippen LogP contribution in [-0.2, 0) is 0 Å². The van der Waals surface area contributed by atoms with Crippen molar-refractivity contribution in [1.82, 2.24) is 9.97 Å². The summed E-state index contributed by atoms with van der Waals surface area (Å²) in [5.74, 6) is 0.730. The second-order valence-corrected chi connectivity index (χ2v) is 3.90. The van der Waals surface area contributed by atoms with Gasteiger partial charge in [-0.25, -0.2) is 4.98 Å². The lowest BCUT2D eigenvalue weighted by atomic mass is 10.3. The van der Waals surface area contributed by atoms with Crippen LogP contribution in [0, 0.1) is 0 Å². The number of aromatic amines is 1. The smallest absolute Gasteiger partial charge is 0.254 e. The van der Waals surface area contributed by atoms with E-state index in [9.17, 15) is 4.79 Å². The number of hydrogen-bond acceptors (Lipinski definition) is 4. The number of aromatic nitrogens is 2. The molecule has 6 heteroatoms. The van der Waals surface area contributed by atoms with Gasteiger partial charge in [0.15, 0.2) is 0 Å². The maximum atomic E-state index is 11.0. The number of nitrogens with two attached hydrogens (primary N) is 1. The van der Waals surface area contributed by atoms with E-state index in [0.717, 1.165) is 4.47 Å². The topological polar surface area (TPSA) is 81.0 Å². The Morgan fingerprint density at radius 3 is 2.94 bits per heavy atom. The fourth-order valence-corrected chi connectivity index (χ4v) is 1.44. The normalized spacial score (nSPS) is 10.1. The Morgan fingerprint density at radius 1 is 1.38 bits per heavy atom. The molecule has 0 aliphatic heterocycles. The maximum Gasteiger partial charge on any atom is 0.254 e. The molecule has 0 bridgehead atoms. The number of hydrogen-bond donors (Lipinski definition) is 2. The van der Waals surface area contributed by atoms with E-state index in [4.69, 9.17) is 10.5 Å². The van der Waals surface area contributed by atoms with Gasteiger partial charge in [-0.05, 0) is 28.1 Å². The van der Waals surface area contributed by atoms with E-state index in [1.54, 1.807) is 18.2 Å². The van der Waals surface area contributed by atoms with Crippen molar-refractivity contribution in [2.75, 3.05) is 5.73 Å². The van der Waals surface area contributed by atoms with Gasteiger partial charge in [0.05, 0.1) is 16.9 Å². The van der Waals surface area contributed by atoms with Gasteiger partial charge in [-0.1, -0.05) is 0 Å². The molecule has 82 valence electrons. The first-order chi connectivity index (χ1) is 7.65. The summed E-state index contributed by atoms with van der Waals surface area (Å²) in [5.41, 5.74) is 5.92. The van der Waals surface area contributed by atoms with Gasteiger partial charge in [0, 0.05) is 11.8 Å². The molecule has 1 heterocycles. The van der Waals surface area contributed by atoms with Crippen LogP contribution in [0.2, 0.25) is 0 Å². The second kappa shape index (κ2) is 4.36. The highest BCUT2D eigenvalue weighted by molar-refractivity contribution is 9.10. The predicted molar refractivity (Wildman–Crippen MR) is 63.5 cm³/mol. The van der Waals surface area contributed by atoms with Gasteiger partial charge in [-0.15, -0.1) is 0 Å². The third kappa shape index (κ3) is 2.40. The first-order valence-electron chi connectivity index (χ1n) is 4.43. The summed E-state index contributed by atoms with van der Waals surface area (Å²) >= 11 is 3.31. The number of H-pyrrole nitrogens is 1. The van der Waals surface area contributed by atoms with Gasteiger partial charge in [-0.2, -0.15) is 0 Å². The predicted octanol–water partition coefficient (Wildman–Crippen LogP) is 1.91. The number of nitrogens with one attached hydrogen (secondary N) is 1. The molecule has 0 radical (unpaired) electrons. The fraction of sp³-hybridized carbons (Fsp3) is 0. The highest BCUT2D eigenvalue weighted by Crippen LogP contribution is 2.29. The average Bonchev–Trinajstić information content (AvgIpc) is 2.24. The van der Waals surface area contributed by atoms with E-state index in [1.807, 2.05) is 0 Å². The number of nitrogen functional groups attached to an aromatic ring is 1. The van der Waals surface area contributed by atoms with Gasteiger partial charge in [0.25, 0.3) is 5.56 Å². The zero-order valence-corrected chi connectivity index (χ0v) is 9.69. The van der Waals surface area contributed by atoms with Crippen molar-refractivity contribution >= 4 is 21.6 Å². The van der Waals surface area contributed by atoms with Crippen LogP contribution < -0.4 is 16.0 Å². The Morgan fingerprint density at radius 2 is 2.19 bits per heavy atom. The highest BCUT2D eigenvalue weighted by Gasteiger charge is 2.04.